The average Bonchev–Trinajstić information content (AvgIpc) is 2.37. The zero-order valence-electron chi connectivity index (χ0n) is 12.4. The molecule has 0 saturated heterocycles. The van der Waals surface area contributed by atoms with Crippen LogP contribution in [0.15, 0.2) is 41.3 Å². The van der Waals surface area contributed by atoms with Crippen molar-refractivity contribution < 1.29 is 22.5 Å². The van der Waals surface area contributed by atoms with Gasteiger partial charge in [-0.05, 0) is 19.1 Å². The van der Waals surface area contributed by atoms with Gasteiger partial charge in [0.25, 0.3) is 10.1 Å². The van der Waals surface area contributed by atoms with Crippen molar-refractivity contribution in [2.45, 2.75) is 11.8 Å². The van der Waals surface area contributed by atoms with Crippen molar-refractivity contribution in [3.63, 3.8) is 0 Å². The van der Waals surface area contributed by atoms with Gasteiger partial charge in [-0.15, -0.1) is 0 Å². The number of carbonyl (C=O) groups excluding carboxylic acids is 1. The summed E-state index contributed by atoms with van der Waals surface area (Å²) in [6, 6.07) is 6.02. The molecule has 1 rings (SSSR count). The first kappa shape index (κ1) is 17.4. The van der Waals surface area contributed by atoms with E-state index in [-0.39, 0.29) is 11.5 Å². The van der Waals surface area contributed by atoms with E-state index in [1.165, 1.54) is 12.1 Å². The van der Waals surface area contributed by atoms with E-state index in [0.717, 1.165) is 0 Å². The predicted octanol–water partition coefficient (Wildman–Crippen LogP) is 1.62. The average molecular weight is 314 g/mol. The van der Waals surface area contributed by atoms with E-state index >= 15 is 0 Å². The van der Waals surface area contributed by atoms with E-state index < -0.39 is 16.1 Å². The van der Waals surface area contributed by atoms with Crippen LogP contribution in [0.2, 0.25) is 0 Å². The highest BCUT2D eigenvalue weighted by atomic mass is 32.2. The molecule has 1 N–H and O–H groups in total. The van der Waals surface area contributed by atoms with E-state index in [4.69, 9.17) is 9.29 Å². The fourth-order valence-electron chi connectivity index (χ4n) is 1.64. The number of esters is 1. The molecule has 0 spiro atoms. The molecule has 21 heavy (non-hydrogen) atoms. The van der Waals surface area contributed by atoms with Gasteiger partial charge in [0.1, 0.15) is 18.8 Å². The zero-order chi connectivity index (χ0) is 16.3. The molecular weight excluding hydrogens is 294 g/mol. The van der Waals surface area contributed by atoms with Crippen molar-refractivity contribution in [2.24, 2.45) is 0 Å². The van der Waals surface area contributed by atoms with Crippen molar-refractivity contribution in [3.05, 3.63) is 36.4 Å². The SMILES string of the molecule is C=C(C)C(=O)OCC[N+](C)(C)c1cccc(S(=O)(=O)O)c1. The Morgan fingerprint density at radius 2 is 2.00 bits per heavy atom. The molecule has 1 aromatic rings. The third-order valence-corrected chi connectivity index (χ3v) is 3.90. The number of rotatable bonds is 6. The minimum Gasteiger partial charge on any atom is -0.456 e. The van der Waals surface area contributed by atoms with Gasteiger partial charge in [-0.25, -0.2) is 4.79 Å². The summed E-state index contributed by atoms with van der Waals surface area (Å²) < 4.78 is 36.7. The predicted molar refractivity (Wildman–Crippen MR) is 80.5 cm³/mol. The Bertz CT molecular complexity index is 649. The minimum absolute atomic E-state index is 0.162. The fourth-order valence-corrected chi connectivity index (χ4v) is 2.16. The molecule has 6 nitrogen and oxygen atoms in total. The van der Waals surface area contributed by atoms with E-state index in [1.54, 1.807) is 19.1 Å². The maximum absolute atomic E-state index is 11.3. The maximum Gasteiger partial charge on any atom is 0.333 e. The van der Waals surface area contributed by atoms with Crippen molar-refractivity contribution in [1.82, 2.24) is 4.48 Å². The fraction of sp³-hybridized carbons (Fsp3) is 0.357. The van der Waals surface area contributed by atoms with Crippen LogP contribution in [0.3, 0.4) is 0 Å². The van der Waals surface area contributed by atoms with Crippen LogP contribution in [0.4, 0.5) is 5.69 Å². The number of benzene rings is 1. The van der Waals surface area contributed by atoms with Gasteiger partial charge >= 0.3 is 5.97 Å². The summed E-state index contributed by atoms with van der Waals surface area (Å²) in [5.74, 6) is -0.457. The van der Waals surface area contributed by atoms with Gasteiger partial charge in [-0.1, -0.05) is 12.6 Å². The Hall–Kier alpha value is -1.70. The molecular formula is C14H20NO5S+. The van der Waals surface area contributed by atoms with Gasteiger partial charge in [-0.2, -0.15) is 8.42 Å². The summed E-state index contributed by atoms with van der Waals surface area (Å²) in [5.41, 5.74) is 1.00. The Labute approximate surface area is 125 Å². The van der Waals surface area contributed by atoms with Crippen LogP contribution >= 0.6 is 0 Å². The van der Waals surface area contributed by atoms with Gasteiger partial charge in [0.15, 0.2) is 0 Å². The molecule has 0 aliphatic carbocycles. The Balaban J connectivity index is 2.83. The lowest BCUT2D eigenvalue weighted by molar-refractivity contribution is -0.139. The monoisotopic (exact) mass is 314 g/mol. The van der Waals surface area contributed by atoms with Crippen LogP contribution < -0.4 is 4.48 Å². The summed E-state index contributed by atoms with van der Waals surface area (Å²) >= 11 is 0. The second-order valence-electron chi connectivity index (χ2n) is 5.30. The highest BCUT2D eigenvalue weighted by Gasteiger charge is 2.22. The van der Waals surface area contributed by atoms with Crippen LogP contribution in [0.25, 0.3) is 0 Å². The van der Waals surface area contributed by atoms with Crippen LogP contribution in [-0.4, -0.2) is 46.2 Å². The van der Waals surface area contributed by atoms with Gasteiger partial charge in [0.05, 0.1) is 19.0 Å². The molecule has 0 fully saturated rings. The Morgan fingerprint density at radius 3 is 2.52 bits per heavy atom. The first-order chi connectivity index (χ1) is 9.54. The Kier molecular flexibility index (Phi) is 5.27. The smallest absolute Gasteiger partial charge is 0.333 e. The topological polar surface area (TPSA) is 80.7 Å². The number of nitrogens with zero attached hydrogens (tertiary/aromatic N) is 1. The summed E-state index contributed by atoms with van der Waals surface area (Å²) in [6.45, 7) is 5.69. The number of likely N-dealkylation sites (N-methyl/N-ethyl adjacent to an activating group) is 1. The molecule has 0 saturated carbocycles. The quantitative estimate of drug-likeness (QED) is 0.373. The summed E-state index contributed by atoms with van der Waals surface area (Å²) in [4.78, 5) is 11.1. The van der Waals surface area contributed by atoms with Crippen LogP contribution in [0.1, 0.15) is 6.92 Å². The highest BCUT2D eigenvalue weighted by Crippen LogP contribution is 2.22. The summed E-state index contributed by atoms with van der Waals surface area (Å²) in [7, 11) is -0.548. The first-order valence-electron chi connectivity index (χ1n) is 6.28. The minimum atomic E-state index is -4.24. The third kappa shape index (κ3) is 4.96. The lowest BCUT2D eigenvalue weighted by atomic mass is 10.2. The highest BCUT2D eigenvalue weighted by molar-refractivity contribution is 7.85. The molecule has 0 heterocycles. The molecule has 0 aromatic heterocycles. The molecule has 0 atom stereocenters. The molecule has 0 unspecified atom stereocenters. The van der Waals surface area contributed by atoms with Crippen molar-refractivity contribution >= 4 is 21.8 Å². The molecule has 0 radical (unpaired) electrons. The van der Waals surface area contributed by atoms with E-state index in [1.807, 2.05) is 14.1 Å². The molecule has 0 aliphatic heterocycles. The lowest BCUT2D eigenvalue weighted by Gasteiger charge is -2.29. The van der Waals surface area contributed by atoms with Crippen LogP contribution in [0.5, 0.6) is 0 Å². The number of quaternary nitrogens is 1. The van der Waals surface area contributed by atoms with Crippen LogP contribution in [0, 0.1) is 0 Å². The molecule has 0 aliphatic rings. The Morgan fingerprint density at radius 1 is 1.38 bits per heavy atom. The van der Waals surface area contributed by atoms with Gasteiger partial charge in [-0.3, -0.25) is 9.04 Å². The summed E-state index contributed by atoms with van der Waals surface area (Å²) in [5, 5.41) is 0. The normalized spacial score (nSPS) is 12.0. The van der Waals surface area contributed by atoms with E-state index in [9.17, 15) is 13.2 Å². The molecule has 7 heteroatoms. The number of carbonyl (C=O) groups is 1. The summed E-state index contributed by atoms with van der Waals surface area (Å²) in [6.07, 6.45) is 0. The number of ether oxygens (including phenoxy) is 1. The molecule has 0 amide bonds. The molecule has 116 valence electrons. The van der Waals surface area contributed by atoms with Gasteiger partial charge in [0.2, 0.25) is 0 Å². The van der Waals surface area contributed by atoms with Crippen molar-refractivity contribution in [1.29, 1.82) is 0 Å². The van der Waals surface area contributed by atoms with Gasteiger partial charge < -0.3 is 4.74 Å². The van der Waals surface area contributed by atoms with Crippen LogP contribution in [-0.2, 0) is 19.6 Å². The maximum atomic E-state index is 11.3. The van der Waals surface area contributed by atoms with Crippen molar-refractivity contribution in [3.8, 4) is 0 Å². The third-order valence-electron chi connectivity index (χ3n) is 3.05. The zero-order valence-corrected chi connectivity index (χ0v) is 13.2. The molecule has 0 bridgehead atoms. The number of hydrogen-bond acceptors (Lipinski definition) is 4. The second-order valence-corrected chi connectivity index (χ2v) is 6.72. The van der Waals surface area contributed by atoms with E-state index in [0.29, 0.717) is 22.3 Å². The second kappa shape index (κ2) is 6.38. The largest absolute Gasteiger partial charge is 0.456 e. The van der Waals surface area contributed by atoms with E-state index in [2.05, 4.69) is 6.58 Å². The lowest BCUT2D eigenvalue weighted by Crippen LogP contribution is -2.43. The first-order valence-corrected chi connectivity index (χ1v) is 7.72. The molecule has 1 aromatic carbocycles. The standard InChI is InChI=1S/C14H19NO5S/c1-11(2)14(16)20-9-8-15(3,4)12-6-5-7-13(10-12)21(17,18)19/h5-7,10H,1,8-9H2,2-4H3/p+1. The van der Waals surface area contributed by atoms with Crippen molar-refractivity contribution in [2.75, 3.05) is 27.2 Å². The van der Waals surface area contributed by atoms with Gasteiger partial charge in [0, 0.05) is 11.6 Å². The number of hydrogen-bond donors (Lipinski definition) is 1.